The molecule has 78 valence electrons. The highest BCUT2D eigenvalue weighted by Gasteiger charge is 2.26. The Hall–Kier alpha value is -0.720. The Balaban J connectivity index is 2.16. The molecule has 0 bridgehead atoms. The number of hydrogen-bond acceptors (Lipinski definition) is 0. The minimum atomic E-state index is 0.748. The Labute approximate surface area is 87.1 Å². The van der Waals surface area contributed by atoms with E-state index in [9.17, 15) is 0 Å². The SMILES string of the molecule is CCC(CC1CC1)n1c(C)ccc1C. The molecule has 1 unspecified atom stereocenters. The van der Waals surface area contributed by atoms with Gasteiger partial charge in [0.15, 0.2) is 0 Å². The highest BCUT2D eigenvalue weighted by Crippen LogP contribution is 2.38. The first kappa shape index (κ1) is 9.82. The van der Waals surface area contributed by atoms with E-state index in [1.54, 1.807) is 0 Å². The van der Waals surface area contributed by atoms with E-state index >= 15 is 0 Å². The maximum Gasteiger partial charge on any atom is 0.0335 e. The predicted octanol–water partition coefficient (Wildman–Crippen LogP) is 3.86. The summed E-state index contributed by atoms with van der Waals surface area (Å²) >= 11 is 0. The fraction of sp³-hybridized carbons (Fsp3) is 0.692. The fourth-order valence-corrected chi connectivity index (χ4v) is 2.45. The van der Waals surface area contributed by atoms with Gasteiger partial charge < -0.3 is 4.57 Å². The van der Waals surface area contributed by atoms with E-state index in [2.05, 4.69) is 37.5 Å². The summed E-state index contributed by atoms with van der Waals surface area (Å²) in [6.07, 6.45) is 5.60. The van der Waals surface area contributed by atoms with Gasteiger partial charge in [-0.3, -0.25) is 0 Å². The van der Waals surface area contributed by atoms with E-state index in [1.807, 2.05) is 0 Å². The Morgan fingerprint density at radius 1 is 1.29 bits per heavy atom. The summed E-state index contributed by atoms with van der Waals surface area (Å²) in [6.45, 7) is 6.76. The fourth-order valence-electron chi connectivity index (χ4n) is 2.45. The minimum Gasteiger partial charge on any atom is -0.346 e. The second-order valence-electron chi connectivity index (χ2n) is 4.73. The smallest absolute Gasteiger partial charge is 0.0335 e. The lowest BCUT2D eigenvalue weighted by atomic mass is 10.1. The Kier molecular flexibility index (Phi) is 2.66. The van der Waals surface area contributed by atoms with Gasteiger partial charge in [0, 0.05) is 17.4 Å². The highest BCUT2D eigenvalue weighted by molar-refractivity contribution is 5.15. The Bertz CT molecular complexity index is 288. The van der Waals surface area contributed by atoms with Gasteiger partial charge in [0.2, 0.25) is 0 Å². The van der Waals surface area contributed by atoms with Gasteiger partial charge in [0.05, 0.1) is 0 Å². The van der Waals surface area contributed by atoms with Crippen LogP contribution in [0.1, 0.15) is 50.0 Å². The molecule has 1 saturated carbocycles. The van der Waals surface area contributed by atoms with Crippen LogP contribution < -0.4 is 0 Å². The molecule has 1 aliphatic rings. The molecule has 1 heterocycles. The van der Waals surface area contributed by atoms with Crippen LogP contribution in [-0.4, -0.2) is 4.57 Å². The van der Waals surface area contributed by atoms with Crippen molar-refractivity contribution < 1.29 is 0 Å². The van der Waals surface area contributed by atoms with Gasteiger partial charge in [-0.05, 0) is 44.7 Å². The molecule has 2 rings (SSSR count). The maximum absolute atomic E-state index is 2.53. The van der Waals surface area contributed by atoms with Gasteiger partial charge in [-0.2, -0.15) is 0 Å². The number of rotatable bonds is 4. The predicted molar refractivity (Wildman–Crippen MR) is 60.6 cm³/mol. The van der Waals surface area contributed by atoms with Gasteiger partial charge in [0.25, 0.3) is 0 Å². The lowest BCUT2D eigenvalue weighted by molar-refractivity contribution is 0.417. The topological polar surface area (TPSA) is 4.93 Å². The van der Waals surface area contributed by atoms with Crippen molar-refractivity contribution in [2.45, 2.75) is 52.5 Å². The standard InChI is InChI=1S/C13H21N/c1-4-13(9-12-7-8-12)14-10(2)5-6-11(14)3/h5-6,12-13H,4,7-9H2,1-3H3. The van der Waals surface area contributed by atoms with Gasteiger partial charge in [-0.15, -0.1) is 0 Å². The van der Waals surface area contributed by atoms with Crippen molar-refractivity contribution in [2.75, 3.05) is 0 Å². The van der Waals surface area contributed by atoms with Crippen LogP contribution in [0.15, 0.2) is 12.1 Å². The molecule has 1 aromatic rings. The minimum absolute atomic E-state index is 0.748. The van der Waals surface area contributed by atoms with Gasteiger partial charge in [-0.1, -0.05) is 19.8 Å². The Morgan fingerprint density at radius 2 is 1.86 bits per heavy atom. The maximum atomic E-state index is 2.53. The average Bonchev–Trinajstić information content (AvgIpc) is 2.92. The first-order valence-electron chi connectivity index (χ1n) is 5.86. The van der Waals surface area contributed by atoms with E-state index in [0.717, 1.165) is 12.0 Å². The molecule has 1 heteroatoms. The second-order valence-corrected chi connectivity index (χ2v) is 4.73. The number of nitrogens with zero attached hydrogens (tertiary/aromatic N) is 1. The molecule has 1 fully saturated rings. The monoisotopic (exact) mass is 191 g/mol. The van der Waals surface area contributed by atoms with Gasteiger partial charge in [0.1, 0.15) is 0 Å². The summed E-state index contributed by atoms with van der Waals surface area (Å²) in [5.41, 5.74) is 2.85. The highest BCUT2D eigenvalue weighted by atomic mass is 15.0. The zero-order valence-corrected chi connectivity index (χ0v) is 9.59. The molecule has 0 N–H and O–H groups in total. The van der Waals surface area contributed by atoms with Crippen LogP contribution in [0.4, 0.5) is 0 Å². The molecule has 0 saturated heterocycles. The van der Waals surface area contributed by atoms with Crippen molar-refractivity contribution in [2.24, 2.45) is 5.92 Å². The molecule has 0 aromatic carbocycles. The third-order valence-electron chi connectivity index (χ3n) is 3.46. The summed E-state index contributed by atoms with van der Waals surface area (Å²) in [4.78, 5) is 0. The second kappa shape index (κ2) is 3.80. The zero-order chi connectivity index (χ0) is 10.1. The Morgan fingerprint density at radius 3 is 2.29 bits per heavy atom. The normalized spacial score (nSPS) is 18.5. The van der Waals surface area contributed by atoms with E-state index in [1.165, 1.54) is 37.1 Å². The van der Waals surface area contributed by atoms with Crippen molar-refractivity contribution in [3.63, 3.8) is 0 Å². The molecule has 0 radical (unpaired) electrons. The summed E-state index contributed by atoms with van der Waals surface area (Å²) in [5, 5.41) is 0. The van der Waals surface area contributed by atoms with Crippen LogP contribution in [0, 0.1) is 19.8 Å². The lowest BCUT2D eigenvalue weighted by Gasteiger charge is -2.21. The van der Waals surface area contributed by atoms with E-state index in [0.29, 0.717) is 0 Å². The number of hydrogen-bond donors (Lipinski definition) is 0. The first-order chi connectivity index (χ1) is 6.72. The van der Waals surface area contributed by atoms with Crippen molar-refractivity contribution in [1.29, 1.82) is 0 Å². The van der Waals surface area contributed by atoms with Crippen molar-refractivity contribution in [3.8, 4) is 0 Å². The largest absolute Gasteiger partial charge is 0.346 e. The summed E-state index contributed by atoms with van der Waals surface area (Å²) in [6, 6.07) is 5.23. The van der Waals surface area contributed by atoms with E-state index < -0.39 is 0 Å². The average molecular weight is 191 g/mol. The van der Waals surface area contributed by atoms with Crippen LogP contribution >= 0.6 is 0 Å². The molecule has 1 aromatic heterocycles. The van der Waals surface area contributed by atoms with E-state index in [4.69, 9.17) is 0 Å². The lowest BCUT2D eigenvalue weighted by Crippen LogP contribution is -2.11. The number of aryl methyl sites for hydroxylation is 2. The zero-order valence-electron chi connectivity index (χ0n) is 9.59. The van der Waals surface area contributed by atoms with Crippen LogP contribution in [-0.2, 0) is 0 Å². The van der Waals surface area contributed by atoms with Crippen LogP contribution in [0.2, 0.25) is 0 Å². The third-order valence-corrected chi connectivity index (χ3v) is 3.46. The molecule has 0 aliphatic heterocycles. The van der Waals surface area contributed by atoms with Crippen LogP contribution in [0.3, 0.4) is 0 Å². The number of aromatic nitrogens is 1. The van der Waals surface area contributed by atoms with Gasteiger partial charge >= 0.3 is 0 Å². The van der Waals surface area contributed by atoms with Gasteiger partial charge in [-0.25, -0.2) is 0 Å². The molecular weight excluding hydrogens is 170 g/mol. The van der Waals surface area contributed by atoms with Crippen LogP contribution in [0.5, 0.6) is 0 Å². The molecule has 0 spiro atoms. The first-order valence-corrected chi connectivity index (χ1v) is 5.86. The molecule has 14 heavy (non-hydrogen) atoms. The molecule has 1 atom stereocenters. The van der Waals surface area contributed by atoms with Crippen molar-refractivity contribution >= 4 is 0 Å². The van der Waals surface area contributed by atoms with Crippen molar-refractivity contribution in [1.82, 2.24) is 4.57 Å². The van der Waals surface area contributed by atoms with E-state index in [-0.39, 0.29) is 0 Å². The third kappa shape index (κ3) is 1.87. The van der Waals surface area contributed by atoms with Crippen LogP contribution in [0.25, 0.3) is 0 Å². The molecule has 1 nitrogen and oxygen atoms in total. The quantitative estimate of drug-likeness (QED) is 0.681. The summed E-state index contributed by atoms with van der Waals surface area (Å²) in [7, 11) is 0. The summed E-state index contributed by atoms with van der Waals surface area (Å²) < 4.78 is 2.53. The van der Waals surface area contributed by atoms with Crippen molar-refractivity contribution in [3.05, 3.63) is 23.5 Å². The molecule has 1 aliphatic carbocycles. The summed E-state index contributed by atoms with van der Waals surface area (Å²) in [5.74, 6) is 1.03. The molecular formula is C13H21N. The molecule has 0 amide bonds.